The van der Waals surface area contributed by atoms with E-state index in [2.05, 4.69) is 10.1 Å². The lowest BCUT2D eigenvalue weighted by atomic mass is 10.0. The third-order valence-corrected chi connectivity index (χ3v) is 4.92. The van der Waals surface area contributed by atoms with Crippen molar-refractivity contribution in [2.45, 2.75) is 38.5 Å². The van der Waals surface area contributed by atoms with Gasteiger partial charge in [-0.05, 0) is 13.3 Å². The molecule has 2 aliphatic rings. The van der Waals surface area contributed by atoms with Crippen molar-refractivity contribution >= 4 is 5.91 Å². The molecule has 2 N–H and O–H groups in total. The maximum Gasteiger partial charge on any atom is 0.259 e. The fourth-order valence-corrected chi connectivity index (χ4v) is 3.43. The summed E-state index contributed by atoms with van der Waals surface area (Å²) in [6, 6.07) is -0.227. The Morgan fingerprint density at radius 2 is 1.96 bits per heavy atom. The van der Waals surface area contributed by atoms with Crippen molar-refractivity contribution in [1.82, 2.24) is 15.0 Å². The minimum Gasteiger partial charge on any atom is -0.389 e. The molecule has 3 atom stereocenters. The monoisotopic (exact) mass is 339 g/mol. The molecule has 0 bridgehead atoms. The van der Waals surface area contributed by atoms with Crippen LogP contribution in [-0.4, -0.2) is 88.7 Å². The van der Waals surface area contributed by atoms with Crippen LogP contribution in [0.1, 0.15) is 28.7 Å². The third kappa shape index (κ3) is 3.19. The SMILES string of the molecule is CCc1noc(C)c1C(=O)N1CCN([C@@H]2COC[C@@H](O)[C@H]2O)CC1. The largest absolute Gasteiger partial charge is 0.389 e. The van der Waals surface area contributed by atoms with Crippen LogP contribution in [0.25, 0.3) is 0 Å². The number of aliphatic hydroxyl groups is 2. The topological polar surface area (TPSA) is 99.3 Å². The molecule has 24 heavy (non-hydrogen) atoms. The van der Waals surface area contributed by atoms with Crippen LogP contribution in [-0.2, 0) is 11.2 Å². The van der Waals surface area contributed by atoms with E-state index in [1.165, 1.54) is 0 Å². The first-order valence-electron chi connectivity index (χ1n) is 8.45. The quantitative estimate of drug-likeness (QED) is 0.760. The fourth-order valence-electron chi connectivity index (χ4n) is 3.43. The van der Waals surface area contributed by atoms with E-state index >= 15 is 0 Å². The molecule has 0 aliphatic carbocycles. The number of aromatic nitrogens is 1. The van der Waals surface area contributed by atoms with Crippen molar-refractivity contribution in [2.24, 2.45) is 0 Å². The summed E-state index contributed by atoms with van der Waals surface area (Å²) >= 11 is 0. The van der Waals surface area contributed by atoms with Gasteiger partial charge in [-0.3, -0.25) is 9.69 Å². The van der Waals surface area contributed by atoms with Gasteiger partial charge in [0.1, 0.15) is 17.4 Å². The molecule has 134 valence electrons. The van der Waals surface area contributed by atoms with E-state index in [1.54, 1.807) is 11.8 Å². The first-order chi connectivity index (χ1) is 11.5. The molecule has 0 saturated carbocycles. The highest BCUT2D eigenvalue weighted by Gasteiger charge is 2.37. The lowest BCUT2D eigenvalue weighted by Gasteiger charge is -2.43. The second-order valence-corrected chi connectivity index (χ2v) is 6.40. The first-order valence-corrected chi connectivity index (χ1v) is 8.45. The van der Waals surface area contributed by atoms with Gasteiger partial charge in [-0.1, -0.05) is 12.1 Å². The molecule has 1 aromatic heterocycles. The number of piperazine rings is 1. The first kappa shape index (κ1) is 17.3. The average Bonchev–Trinajstić information content (AvgIpc) is 2.97. The summed E-state index contributed by atoms with van der Waals surface area (Å²) in [7, 11) is 0. The van der Waals surface area contributed by atoms with Crippen LogP contribution in [0, 0.1) is 6.92 Å². The molecule has 0 spiro atoms. The maximum absolute atomic E-state index is 12.8. The van der Waals surface area contributed by atoms with Crippen LogP contribution in [0.4, 0.5) is 0 Å². The van der Waals surface area contributed by atoms with Crippen LogP contribution >= 0.6 is 0 Å². The number of carbonyl (C=O) groups is 1. The smallest absolute Gasteiger partial charge is 0.259 e. The molecule has 0 unspecified atom stereocenters. The number of aliphatic hydroxyl groups excluding tert-OH is 2. The minimum atomic E-state index is -0.852. The molecule has 3 rings (SSSR count). The van der Waals surface area contributed by atoms with Gasteiger partial charge in [0.15, 0.2) is 0 Å². The zero-order valence-electron chi connectivity index (χ0n) is 14.1. The molecule has 8 heteroatoms. The lowest BCUT2D eigenvalue weighted by Crippen LogP contribution is -2.60. The molecule has 2 aliphatic heterocycles. The Hall–Kier alpha value is -1.48. The molecule has 0 radical (unpaired) electrons. The molecule has 1 amide bonds. The molecular weight excluding hydrogens is 314 g/mol. The van der Waals surface area contributed by atoms with Crippen molar-refractivity contribution in [3.8, 4) is 0 Å². The van der Waals surface area contributed by atoms with Crippen molar-refractivity contribution in [1.29, 1.82) is 0 Å². The summed E-state index contributed by atoms with van der Waals surface area (Å²) in [4.78, 5) is 16.6. The normalized spacial score (nSPS) is 29.0. The second kappa shape index (κ2) is 7.18. The van der Waals surface area contributed by atoms with E-state index in [1.807, 2.05) is 6.92 Å². The minimum absolute atomic E-state index is 0.0503. The summed E-state index contributed by atoms with van der Waals surface area (Å²) in [5.74, 6) is 0.504. The number of amides is 1. The Bertz CT molecular complexity index is 582. The van der Waals surface area contributed by atoms with E-state index in [4.69, 9.17) is 9.26 Å². The van der Waals surface area contributed by atoms with Gasteiger partial charge in [0.05, 0.1) is 31.1 Å². The Labute approximate surface area is 141 Å². The van der Waals surface area contributed by atoms with E-state index < -0.39 is 12.2 Å². The summed E-state index contributed by atoms with van der Waals surface area (Å²) in [6.07, 6.45) is -1.01. The summed E-state index contributed by atoms with van der Waals surface area (Å²) in [5.41, 5.74) is 1.27. The van der Waals surface area contributed by atoms with Crippen LogP contribution in [0.5, 0.6) is 0 Å². The van der Waals surface area contributed by atoms with Gasteiger partial charge in [-0.2, -0.15) is 0 Å². The number of carbonyl (C=O) groups excluding carboxylic acids is 1. The highest BCUT2D eigenvalue weighted by atomic mass is 16.5. The van der Waals surface area contributed by atoms with E-state index in [9.17, 15) is 15.0 Å². The molecular formula is C16H25N3O5. The maximum atomic E-state index is 12.8. The highest BCUT2D eigenvalue weighted by Crippen LogP contribution is 2.20. The third-order valence-electron chi connectivity index (χ3n) is 4.92. The number of hydrogen-bond acceptors (Lipinski definition) is 7. The number of nitrogens with zero attached hydrogens (tertiary/aromatic N) is 3. The molecule has 1 aromatic rings. The summed E-state index contributed by atoms with van der Waals surface area (Å²) in [5, 5.41) is 23.8. The molecule has 3 heterocycles. The molecule has 8 nitrogen and oxygen atoms in total. The van der Waals surface area contributed by atoms with Crippen molar-refractivity contribution in [2.75, 3.05) is 39.4 Å². The van der Waals surface area contributed by atoms with Gasteiger partial charge >= 0.3 is 0 Å². The molecule has 0 aromatic carbocycles. The number of hydrogen-bond donors (Lipinski definition) is 2. The van der Waals surface area contributed by atoms with Crippen LogP contribution in [0.15, 0.2) is 4.52 Å². The standard InChI is InChI=1S/C16H25N3O5/c1-3-11-14(10(2)24-17-11)16(22)19-6-4-18(5-7-19)12-8-23-9-13(20)15(12)21/h12-13,15,20-21H,3-9H2,1-2H3/t12-,13-,15+/m1/s1. The van der Waals surface area contributed by atoms with Gasteiger partial charge in [-0.25, -0.2) is 0 Å². The Kier molecular flexibility index (Phi) is 5.19. The predicted octanol–water partition coefficient (Wildman–Crippen LogP) is -0.576. The summed E-state index contributed by atoms with van der Waals surface area (Å²) in [6.45, 7) is 6.66. The molecule has 2 fully saturated rings. The fraction of sp³-hybridized carbons (Fsp3) is 0.750. The Morgan fingerprint density at radius 1 is 1.25 bits per heavy atom. The van der Waals surface area contributed by atoms with Gasteiger partial charge in [0.2, 0.25) is 0 Å². The van der Waals surface area contributed by atoms with Crippen LogP contribution in [0.2, 0.25) is 0 Å². The Morgan fingerprint density at radius 3 is 2.62 bits per heavy atom. The average molecular weight is 339 g/mol. The van der Waals surface area contributed by atoms with Crippen molar-refractivity contribution < 1.29 is 24.3 Å². The van der Waals surface area contributed by atoms with Gasteiger partial charge in [-0.15, -0.1) is 0 Å². The zero-order valence-corrected chi connectivity index (χ0v) is 14.1. The number of ether oxygens (including phenoxy) is 1. The second-order valence-electron chi connectivity index (χ2n) is 6.40. The Balaban J connectivity index is 1.62. The van der Waals surface area contributed by atoms with E-state index in [0.717, 1.165) is 0 Å². The number of aryl methyl sites for hydroxylation is 2. The summed E-state index contributed by atoms with van der Waals surface area (Å²) < 4.78 is 10.5. The van der Waals surface area contributed by atoms with Crippen molar-refractivity contribution in [3.05, 3.63) is 17.0 Å². The zero-order chi connectivity index (χ0) is 17.3. The molecule has 2 saturated heterocycles. The van der Waals surface area contributed by atoms with Gasteiger partial charge in [0.25, 0.3) is 5.91 Å². The predicted molar refractivity (Wildman–Crippen MR) is 84.7 cm³/mol. The van der Waals surface area contributed by atoms with Crippen molar-refractivity contribution in [3.63, 3.8) is 0 Å². The van der Waals surface area contributed by atoms with Gasteiger partial charge < -0.3 is 24.4 Å². The van der Waals surface area contributed by atoms with E-state index in [-0.39, 0.29) is 18.6 Å². The highest BCUT2D eigenvalue weighted by molar-refractivity contribution is 5.96. The van der Waals surface area contributed by atoms with Gasteiger partial charge in [0, 0.05) is 26.2 Å². The van der Waals surface area contributed by atoms with E-state index in [0.29, 0.717) is 56.2 Å². The van der Waals surface area contributed by atoms with Crippen LogP contribution < -0.4 is 0 Å². The lowest BCUT2D eigenvalue weighted by molar-refractivity contribution is -0.136. The number of rotatable bonds is 3. The van der Waals surface area contributed by atoms with Crippen LogP contribution in [0.3, 0.4) is 0 Å².